The summed E-state index contributed by atoms with van der Waals surface area (Å²) < 4.78 is 13.5. The number of halogens is 1. The van der Waals surface area contributed by atoms with Crippen LogP contribution in [0.5, 0.6) is 0 Å². The fourth-order valence-electron chi connectivity index (χ4n) is 3.26. The van der Waals surface area contributed by atoms with Crippen molar-refractivity contribution in [3.63, 3.8) is 0 Å². The topological polar surface area (TPSA) is 12.0 Å². The first-order chi connectivity index (χ1) is 8.48. The summed E-state index contributed by atoms with van der Waals surface area (Å²) in [6.45, 7) is 7.85. The first kappa shape index (κ1) is 13.5. The van der Waals surface area contributed by atoms with Crippen molar-refractivity contribution in [2.75, 3.05) is 6.54 Å². The highest BCUT2D eigenvalue weighted by Gasteiger charge is 2.35. The lowest BCUT2D eigenvalue weighted by molar-refractivity contribution is 0.362. The molecule has 1 N–H and O–H groups in total. The predicted octanol–water partition coefficient (Wildman–Crippen LogP) is 3.78. The molecule has 1 aromatic carbocycles. The van der Waals surface area contributed by atoms with Gasteiger partial charge in [0.2, 0.25) is 0 Å². The van der Waals surface area contributed by atoms with E-state index >= 15 is 0 Å². The smallest absolute Gasteiger partial charge is 0.126 e. The minimum absolute atomic E-state index is 0.0842. The summed E-state index contributed by atoms with van der Waals surface area (Å²) in [5.41, 5.74) is 1.27. The third-order valence-electron chi connectivity index (χ3n) is 4.09. The number of benzene rings is 1. The maximum Gasteiger partial charge on any atom is 0.126 e. The summed E-state index contributed by atoms with van der Waals surface area (Å²) in [6, 6.07) is 7.65. The Morgan fingerprint density at radius 2 is 2.00 bits per heavy atom. The zero-order valence-electron chi connectivity index (χ0n) is 11.7. The van der Waals surface area contributed by atoms with Crippen LogP contribution in [0, 0.1) is 17.2 Å². The van der Waals surface area contributed by atoms with Crippen LogP contribution in [-0.2, 0) is 6.42 Å². The van der Waals surface area contributed by atoms with Crippen molar-refractivity contribution in [1.82, 2.24) is 5.32 Å². The largest absolute Gasteiger partial charge is 0.313 e. The third kappa shape index (κ3) is 3.32. The molecule has 2 rings (SSSR count). The van der Waals surface area contributed by atoms with Gasteiger partial charge in [-0.3, -0.25) is 0 Å². The lowest BCUT2D eigenvalue weighted by atomic mass is 9.91. The summed E-state index contributed by atoms with van der Waals surface area (Å²) in [7, 11) is 0. The molecule has 0 heterocycles. The molecule has 18 heavy (non-hydrogen) atoms. The second-order valence-corrected chi connectivity index (χ2v) is 6.45. The van der Waals surface area contributed by atoms with E-state index in [1.165, 1.54) is 18.9 Å². The number of nitrogens with one attached hydrogen (secondary N) is 1. The van der Waals surface area contributed by atoms with Crippen molar-refractivity contribution in [2.45, 2.75) is 46.1 Å². The molecule has 0 spiro atoms. The number of hydrogen-bond acceptors (Lipinski definition) is 1. The molecule has 2 atom stereocenters. The van der Waals surface area contributed by atoms with E-state index in [0.717, 1.165) is 24.4 Å². The molecule has 1 aliphatic carbocycles. The monoisotopic (exact) mass is 249 g/mol. The minimum Gasteiger partial charge on any atom is -0.313 e. The van der Waals surface area contributed by atoms with Gasteiger partial charge in [0.15, 0.2) is 0 Å². The van der Waals surface area contributed by atoms with Gasteiger partial charge < -0.3 is 5.32 Å². The van der Waals surface area contributed by atoms with Crippen molar-refractivity contribution in [2.24, 2.45) is 11.3 Å². The van der Waals surface area contributed by atoms with Crippen molar-refractivity contribution < 1.29 is 4.39 Å². The van der Waals surface area contributed by atoms with Gasteiger partial charge in [-0.1, -0.05) is 39.0 Å². The third-order valence-corrected chi connectivity index (χ3v) is 4.09. The van der Waals surface area contributed by atoms with E-state index in [-0.39, 0.29) is 5.82 Å². The molecule has 0 aromatic heterocycles. The van der Waals surface area contributed by atoms with Crippen LogP contribution in [0.2, 0.25) is 0 Å². The molecule has 0 bridgehead atoms. The molecule has 0 radical (unpaired) electrons. The van der Waals surface area contributed by atoms with Crippen LogP contribution in [0.25, 0.3) is 0 Å². The van der Waals surface area contributed by atoms with Gasteiger partial charge in [-0.05, 0) is 48.8 Å². The SMILES string of the molecule is CC1CC(C)(C)CC1NCCc1ccccc1F. The Bertz CT molecular complexity index is 400. The van der Waals surface area contributed by atoms with Crippen LogP contribution in [0.1, 0.15) is 39.2 Å². The Labute approximate surface area is 110 Å². The van der Waals surface area contributed by atoms with Crippen LogP contribution in [0.3, 0.4) is 0 Å². The molecule has 0 amide bonds. The molecule has 2 heteroatoms. The van der Waals surface area contributed by atoms with Crippen LogP contribution in [-0.4, -0.2) is 12.6 Å². The average molecular weight is 249 g/mol. The van der Waals surface area contributed by atoms with Crippen molar-refractivity contribution in [1.29, 1.82) is 0 Å². The highest BCUT2D eigenvalue weighted by molar-refractivity contribution is 5.17. The summed E-state index contributed by atoms with van der Waals surface area (Å²) >= 11 is 0. The first-order valence-corrected chi connectivity index (χ1v) is 6.95. The van der Waals surface area contributed by atoms with E-state index in [2.05, 4.69) is 26.1 Å². The van der Waals surface area contributed by atoms with Crippen LogP contribution < -0.4 is 5.32 Å². The van der Waals surface area contributed by atoms with Crippen molar-refractivity contribution >= 4 is 0 Å². The molecular formula is C16H24FN. The van der Waals surface area contributed by atoms with E-state index in [0.29, 0.717) is 11.5 Å². The molecule has 1 aromatic rings. The molecule has 1 fully saturated rings. The highest BCUT2D eigenvalue weighted by atomic mass is 19.1. The minimum atomic E-state index is -0.0842. The van der Waals surface area contributed by atoms with E-state index in [1.54, 1.807) is 6.07 Å². The van der Waals surface area contributed by atoms with Crippen LogP contribution in [0.15, 0.2) is 24.3 Å². The van der Waals surface area contributed by atoms with Gasteiger partial charge >= 0.3 is 0 Å². The van der Waals surface area contributed by atoms with Crippen molar-refractivity contribution in [3.8, 4) is 0 Å². The maximum atomic E-state index is 13.5. The van der Waals surface area contributed by atoms with Gasteiger partial charge in [0.1, 0.15) is 5.82 Å². The van der Waals surface area contributed by atoms with Crippen molar-refractivity contribution in [3.05, 3.63) is 35.6 Å². The van der Waals surface area contributed by atoms with Gasteiger partial charge in [0.05, 0.1) is 0 Å². The normalized spacial score (nSPS) is 26.4. The molecule has 0 saturated heterocycles. The summed E-state index contributed by atoms with van der Waals surface area (Å²) in [4.78, 5) is 0. The first-order valence-electron chi connectivity index (χ1n) is 6.95. The second-order valence-electron chi connectivity index (χ2n) is 6.45. The molecule has 100 valence electrons. The summed E-state index contributed by atoms with van der Waals surface area (Å²) in [5.74, 6) is 0.639. The number of rotatable bonds is 4. The molecule has 1 aliphatic rings. The zero-order valence-corrected chi connectivity index (χ0v) is 11.7. The van der Waals surface area contributed by atoms with E-state index in [9.17, 15) is 4.39 Å². The van der Waals surface area contributed by atoms with Gasteiger partial charge in [-0.25, -0.2) is 4.39 Å². The predicted molar refractivity (Wildman–Crippen MR) is 74.1 cm³/mol. The van der Waals surface area contributed by atoms with E-state index in [1.807, 2.05) is 12.1 Å². The molecule has 0 aliphatic heterocycles. The Balaban J connectivity index is 1.81. The van der Waals surface area contributed by atoms with E-state index in [4.69, 9.17) is 0 Å². The van der Waals surface area contributed by atoms with Gasteiger partial charge in [0.25, 0.3) is 0 Å². The standard InChI is InChI=1S/C16H24FN/c1-12-10-16(2,3)11-15(12)18-9-8-13-6-4-5-7-14(13)17/h4-7,12,15,18H,8-11H2,1-3H3. The highest BCUT2D eigenvalue weighted by Crippen LogP contribution is 2.40. The average Bonchev–Trinajstić information content (AvgIpc) is 2.55. The summed E-state index contributed by atoms with van der Waals surface area (Å²) in [5, 5.41) is 3.60. The molecular weight excluding hydrogens is 225 g/mol. The zero-order chi connectivity index (χ0) is 13.2. The van der Waals surface area contributed by atoms with Crippen LogP contribution >= 0.6 is 0 Å². The van der Waals surface area contributed by atoms with Gasteiger partial charge in [-0.15, -0.1) is 0 Å². The fraction of sp³-hybridized carbons (Fsp3) is 0.625. The lowest BCUT2D eigenvalue weighted by Gasteiger charge is -2.18. The second kappa shape index (κ2) is 5.40. The van der Waals surface area contributed by atoms with E-state index < -0.39 is 0 Å². The Morgan fingerprint density at radius 1 is 1.28 bits per heavy atom. The lowest BCUT2D eigenvalue weighted by Crippen LogP contribution is -2.33. The Morgan fingerprint density at radius 3 is 2.61 bits per heavy atom. The molecule has 1 saturated carbocycles. The number of hydrogen-bond donors (Lipinski definition) is 1. The van der Waals surface area contributed by atoms with Gasteiger partial charge in [-0.2, -0.15) is 0 Å². The van der Waals surface area contributed by atoms with Crippen LogP contribution in [0.4, 0.5) is 4.39 Å². The quantitative estimate of drug-likeness (QED) is 0.856. The summed E-state index contributed by atoms with van der Waals surface area (Å²) in [6.07, 6.45) is 3.28. The molecule has 1 nitrogen and oxygen atoms in total. The van der Waals surface area contributed by atoms with Gasteiger partial charge in [0, 0.05) is 6.04 Å². The Hall–Kier alpha value is -0.890. The molecule has 2 unspecified atom stereocenters. The Kier molecular flexibility index (Phi) is 4.06. The maximum absolute atomic E-state index is 13.5. The fourth-order valence-corrected chi connectivity index (χ4v) is 3.26.